The van der Waals surface area contributed by atoms with Crippen LogP contribution in [0.3, 0.4) is 0 Å². The average Bonchev–Trinajstić information content (AvgIpc) is 3.01. The van der Waals surface area contributed by atoms with Gasteiger partial charge in [0.25, 0.3) is 0 Å². The zero-order chi connectivity index (χ0) is 15.4. The SMILES string of the molecule is CCCNC(Cc1c(Br)c(C)nn1CC)C1COC(C)C1. The minimum Gasteiger partial charge on any atom is -0.378 e. The van der Waals surface area contributed by atoms with Crippen LogP contribution in [0.1, 0.15) is 45.0 Å². The summed E-state index contributed by atoms with van der Waals surface area (Å²) in [5.74, 6) is 0.596. The summed E-state index contributed by atoms with van der Waals surface area (Å²) in [6, 6.07) is 0.465. The molecule has 2 heterocycles. The van der Waals surface area contributed by atoms with Crippen LogP contribution >= 0.6 is 15.9 Å². The Kier molecular flexibility index (Phi) is 6.26. The maximum atomic E-state index is 5.78. The van der Waals surface area contributed by atoms with Crippen molar-refractivity contribution in [2.75, 3.05) is 13.2 Å². The molecule has 3 unspecified atom stereocenters. The molecular weight excluding hydrogens is 330 g/mol. The Hall–Kier alpha value is -0.390. The van der Waals surface area contributed by atoms with E-state index in [-0.39, 0.29) is 0 Å². The number of rotatable bonds is 7. The fourth-order valence-electron chi connectivity index (χ4n) is 3.14. The third-order valence-corrected chi connectivity index (χ3v) is 5.35. The molecule has 21 heavy (non-hydrogen) atoms. The molecule has 120 valence electrons. The first-order valence-electron chi connectivity index (χ1n) is 8.13. The van der Waals surface area contributed by atoms with Crippen molar-refractivity contribution in [2.45, 2.75) is 65.6 Å². The van der Waals surface area contributed by atoms with Crippen LogP contribution in [0.15, 0.2) is 4.47 Å². The predicted octanol–water partition coefficient (Wildman–Crippen LogP) is 3.31. The van der Waals surface area contributed by atoms with Crippen LogP contribution in [0.25, 0.3) is 0 Å². The Bertz CT molecular complexity index is 461. The van der Waals surface area contributed by atoms with E-state index in [0.29, 0.717) is 18.1 Å². The van der Waals surface area contributed by atoms with Crippen molar-refractivity contribution in [2.24, 2.45) is 5.92 Å². The van der Waals surface area contributed by atoms with E-state index in [1.54, 1.807) is 0 Å². The van der Waals surface area contributed by atoms with Gasteiger partial charge < -0.3 is 10.1 Å². The number of halogens is 1. The van der Waals surface area contributed by atoms with Crippen molar-refractivity contribution in [1.29, 1.82) is 0 Å². The fourth-order valence-corrected chi connectivity index (χ4v) is 3.58. The molecule has 1 aliphatic heterocycles. The Morgan fingerprint density at radius 1 is 1.48 bits per heavy atom. The van der Waals surface area contributed by atoms with Gasteiger partial charge in [-0.3, -0.25) is 4.68 Å². The summed E-state index contributed by atoms with van der Waals surface area (Å²) < 4.78 is 9.07. The van der Waals surface area contributed by atoms with E-state index in [0.717, 1.165) is 44.7 Å². The highest BCUT2D eigenvalue weighted by atomic mass is 79.9. The molecule has 0 amide bonds. The summed E-state index contributed by atoms with van der Waals surface area (Å²) in [7, 11) is 0. The van der Waals surface area contributed by atoms with E-state index >= 15 is 0 Å². The largest absolute Gasteiger partial charge is 0.378 e. The van der Waals surface area contributed by atoms with Crippen LogP contribution in [0, 0.1) is 12.8 Å². The molecule has 0 radical (unpaired) electrons. The highest BCUT2D eigenvalue weighted by Crippen LogP contribution is 2.28. The van der Waals surface area contributed by atoms with Crippen molar-refractivity contribution in [3.63, 3.8) is 0 Å². The van der Waals surface area contributed by atoms with Gasteiger partial charge in [-0.05, 0) is 56.1 Å². The van der Waals surface area contributed by atoms with E-state index in [4.69, 9.17) is 4.74 Å². The first-order chi connectivity index (χ1) is 10.1. The minimum atomic E-state index is 0.391. The van der Waals surface area contributed by atoms with Crippen molar-refractivity contribution in [1.82, 2.24) is 15.1 Å². The molecule has 0 aliphatic carbocycles. The lowest BCUT2D eigenvalue weighted by Gasteiger charge is -2.24. The molecule has 0 saturated carbocycles. The lowest BCUT2D eigenvalue weighted by molar-refractivity contribution is 0.116. The Morgan fingerprint density at radius 2 is 2.24 bits per heavy atom. The second-order valence-electron chi connectivity index (χ2n) is 6.07. The normalized spacial score (nSPS) is 23.7. The highest BCUT2D eigenvalue weighted by molar-refractivity contribution is 9.10. The number of hydrogen-bond donors (Lipinski definition) is 1. The molecule has 5 heteroatoms. The molecule has 2 rings (SSSR count). The number of ether oxygens (including phenoxy) is 1. The molecule has 3 atom stereocenters. The predicted molar refractivity (Wildman–Crippen MR) is 89.6 cm³/mol. The van der Waals surface area contributed by atoms with Gasteiger partial charge in [0, 0.05) is 24.9 Å². The second-order valence-corrected chi connectivity index (χ2v) is 6.86. The molecule has 1 aromatic rings. The van der Waals surface area contributed by atoms with E-state index in [1.165, 1.54) is 10.2 Å². The monoisotopic (exact) mass is 357 g/mol. The molecule has 0 bridgehead atoms. The summed E-state index contributed by atoms with van der Waals surface area (Å²) >= 11 is 3.72. The lowest BCUT2D eigenvalue weighted by Crippen LogP contribution is -2.39. The molecular formula is C16H28BrN3O. The van der Waals surface area contributed by atoms with Gasteiger partial charge in [0.05, 0.1) is 28.6 Å². The van der Waals surface area contributed by atoms with E-state index in [1.807, 2.05) is 0 Å². The maximum absolute atomic E-state index is 5.78. The zero-order valence-corrected chi connectivity index (χ0v) is 15.2. The van der Waals surface area contributed by atoms with Crippen LogP contribution in [0.2, 0.25) is 0 Å². The standard InChI is InChI=1S/C16H28BrN3O/c1-5-7-18-14(13-8-11(3)21-10-13)9-15-16(17)12(4)19-20(15)6-2/h11,13-14,18H,5-10H2,1-4H3. The fraction of sp³-hybridized carbons (Fsp3) is 0.812. The van der Waals surface area contributed by atoms with Crippen LogP contribution in [-0.2, 0) is 17.7 Å². The third kappa shape index (κ3) is 4.08. The van der Waals surface area contributed by atoms with E-state index in [9.17, 15) is 0 Å². The average molecular weight is 358 g/mol. The topological polar surface area (TPSA) is 39.1 Å². The van der Waals surface area contributed by atoms with Crippen LogP contribution in [0.5, 0.6) is 0 Å². The lowest BCUT2D eigenvalue weighted by atomic mass is 9.93. The number of hydrogen-bond acceptors (Lipinski definition) is 3. The second kappa shape index (κ2) is 7.75. The molecule has 1 fully saturated rings. The van der Waals surface area contributed by atoms with Gasteiger partial charge >= 0.3 is 0 Å². The Labute approximate surface area is 136 Å². The smallest absolute Gasteiger partial charge is 0.0738 e. The van der Waals surface area contributed by atoms with E-state index < -0.39 is 0 Å². The van der Waals surface area contributed by atoms with Gasteiger partial charge in [0.1, 0.15) is 0 Å². The van der Waals surface area contributed by atoms with Gasteiger partial charge in [-0.15, -0.1) is 0 Å². The molecule has 0 aromatic carbocycles. The summed E-state index contributed by atoms with van der Waals surface area (Å²) in [6.07, 6.45) is 3.71. The summed E-state index contributed by atoms with van der Waals surface area (Å²) in [4.78, 5) is 0. The highest BCUT2D eigenvalue weighted by Gasteiger charge is 2.30. The number of nitrogens with one attached hydrogen (secondary N) is 1. The number of aryl methyl sites for hydroxylation is 2. The Balaban J connectivity index is 2.14. The molecule has 1 aromatic heterocycles. The molecule has 1 aliphatic rings. The minimum absolute atomic E-state index is 0.391. The summed E-state index contributed by atoms with van der Waals surface area (Å²) in [5, 5.41) is 8.34. The zero-order valence-electron chi connectivity index (χ0n) is 13.7. The Morgan fingerprint density at radius 3 is 2.81 bits per heavy atom. The van der Waals surface area contributed by atoms with Crippen LogP contribution in [0.4, 0.5) is 0 Å². The van der Waals surface area contributed by atoms with Crippen LogP contribution in [-0.4, -0.2) is 35.1 Å². The summed E-state index contributed by atoms with van der Waals surface area (Å²) in [6.45, 7) is 11.5. The first-order valence-corrected chi connectivity index (χ1v) is 8.92. The molecule has 1 N–H and O–H groups in total. The third-order valence-electron chi connectivity index (χ3n) is 4.32. The van der Waals surface area contributed by atoms with Crippen molar-refractivity contribution in [3.8, 4) is 0 Å². The van der Waals surface area contributed by atoms with E-state index in [2.05, 4.69) is 58.7 Å². The van der Waals surface area contributed by atoms with Gasteiger partial charge in [-0.25, -0.2) is 0 Å². The molecule has 0 spiro atoms. The van der Waals surface area contributed by atoms with Crippen molar-refractivity contribution >= 4 is 15.9 Å². The quantitative estimate of drug-likeness (QED) is 0.813. The summed E-state index contributed by atoms with van der Waals surface area (Å²) in [5.41, 5.74) is 2.39. The van der Waals surface area contributed by atoms with Crippen molar-refractivity contribution in [3.05, 3.63) is 15.9 Å². The number of nitrogens with zero attached hydrogens (tertiary/aromatic N) is 2. The molecule has 1 saturated heterocycles. The maximum Gasteiger partial charge on any atom is 0.0738 e. The van der Waals surface area contributed by atoms with Crippen LogP contribution < -0.4 is 5.32 Å². The van der Waals surface area contributed by atoms with Crippen molar-refractivity contribution < 1.29 is 4.74 Å². The van der Waals surface area contributed by atoms with Gasteiger partial charge in [-0.1, -0.05) is 6.92 Å². The van der Waals surface area contributed by atoms with Gasteiger partial charge in [-0.2, -0.15) is 5.10 Å². The first kappa shape index (κ1) is 17.0. The van der Waals surface area contributed by atoms with Gasteiger partial charge in [0.2, 0.25) is 0 Å². The molecule has 4 nitrogen and oxygen atoms in total. The van der Waals surface area contributed by atoms with Gasteiger partial charge in [0.15, 0.2) is 0 Å². The number of aromatic nitrogens is 2.